The van der Waals surface area contributed by atoms with Crippen LogP contribution in [0.4, 0.5) is 0 Å². The minimum Gasteiger partial charge on any atom is -0.497 e. The minimum absolute atomic E-state index is 0.00639. The van der Waals surface area contributed by atoms with Crippen molar-refractivity contribution in [2.24, 2.45) is 0 Å². The maximum absolute atomic E-state index is 13.4. The third-order valence-corrected chi connectivity index (χ3v) is 7.30. The highest BCUT2D eigenvalue weighted by Gasteiger charge is 2.38. The van der Waals surface area contributed by atoms with Gasteiger partial charge in [-0.25, -0.2) is 0 Å². The van der Waals surface area contributed by atoms with E-state index in [-0.39, 0.29) is 24.0 Å². The molecule has 1 saturated heterocycles. The number of nitrogens with zero attached hydrogens (tertiary/aromatic N) is 2. The lowest BCUT2D eigenvalue weighted by Crippen LogP contribution is -2.35. The van der Waals surface area contributed by atoms with Gasteiger partial charge in [-0.05, 0) is 49.6 Å². The van der Waals surface area contributed by atoms with Gasteiger partial charge in [0.15, 0.2) is 0 Å². The van der Waals surface area contributed by atoms with E-state index in [1.807, 2.05) is 65.3 Å². The van der Waals surface area contributed by atoms with Crippen molar-refractivity contribution in [1.82, 2.24) is 9.80 Å². The lowest BCUT2D eigenvalue weighted by Gasteiger charge is -2.25. The lowest BCUT2D eigenvalue weighted by molar-refractivity contribution is -0.130. The summed E-state index contributed by atoms with van der Waals surface area (Å²) in [6.45, 7) is 5.00. The molecule has 0 radical (unpaired) electrons. The van der Waals surface area contributed by atoms with Gasteiger partial charge in [-0.2, -0.15) is 0 Å². The number of ether oxygens (including phenoxy) is 3. The summed E-state index contributed by atoms with van der Waals surface area (Å²) in [5, 5.41) is 0. The molecule has 7 nitrogen and oxygen atoms in total. The maximum atomic E-state index is 13.4. The van der Waals surface area contributed by atoms with E-state index in [4.69, 9.17) is 14.2 Å². The SMILES string of the molecule is CCN1CCCCCCCCO[C@@H]2CN(C(=O)Cc3ccc(OC)cc3)C[C@H]2Oc2ccccc2C1=O. The number of rotatable bonds is 4. The molecule has 0 bridgehead atoms. The molecule has 7 heteroatoms. The second-order valence-electron chi connectivity index (χ2n) is 9.89. The van der Waals surface area contributed by atoms with Crippen LogP contribution in [-0.2, 0) is 16.0 Å². The summed E-state index contributed by atoms with van der Waals surface area (Å²) >= 11 is 0. The van der Waals surface area contributed by atoms with Crippen molar-refractivity contribution < 1.29 is 23.8 Å². The number of carbonyl (C=O) groups is 2. The molecule has 2 heterocycles. The summed E-state index contributed by atoms with van der Waals surface area (Å²) < 4.78 is 18.0. The van der Waals surface area contributed by atoms with Gasteiger partial charge >= 0.3 is 0 Å². The Morgan fingerprint density at radius 2 is 1.65 bits per heavy atom. The molecular weight excluding hydrogens is 468 g/mol. The summed E-state index contributed by atoms with van der Waals surface area (Å²) in [6, 6.07) is 15.0. The number of hydrogen-bond donors (Lipinski definition) is 0. The quantitative estimate of drug-likeness (QED) is 0.597. The van der Waals surface area contributed by atoms with Gasteiger partial charge in [0, 0.05) is 19.7 Å². The molecule has 2 aliphatic heterocycles. The van der Waals surface area contributed by atoms with Gasteiger partial charge in [0.25, 0.3) is 5.91 Å². The van der Waals surface area contributed by atoms with Crippen LogP contribution in [0.1, 0.15) is 61.4 Å². The summed E-state index contributed by atoms with van der Waals surface area (Å²) in [6.07, 6.45) is 6.33. The van der Waals surface area contributed by atoms with E-state index >= 15 is 0 Å². The largest absolute Gasteiger partial charge is 0.497 e. The highest BCUT2D eigenvalue weighted by Crippen LogP contribution is 2.27. The number of fused-ring (bicyclic) bond motifs is 2. The number of hydrogen-bond acceptors (Lipinski definition) is 5. The number of likely N-dealkylation sites (tertiary alicyclic amines) is 1. The fraction of sp³-hybridized carbons (Fsp3) is 0.533. The number of benzene rings is 2. The fourth-order valence-corrected chi connectivity index (χ4v) is 5.08. The summed E-state index contributed by atoms with van der Waals surface area (Å²) in [5.41, 5.74) is 1.51. The van der Waals surface area contributed by atoms with Crippen molar-refractivity contribution in [3.63, 3.8) is 0 Å². The third-order valence-electron chi connectivity index (χ3n) is 7.30. The van der Waals surface area contributed by atoms with Gasteiger partial charge in [-0.3, -0.25) is 9.59 Å². The summed E-state index contributed by atoms with van der Waals surface area (Å²) in [5.74, 6) is 1.36. The van der Waals surface area contributed by atoms with Crippen molar-refractivity contribution in [2.75, 3.05) is 39.9 Å². The van der Waals surface area contributed by atoms with Gasteiger partial charge in [0.05, 0.1) is 32.2 Å². The maximum Gasteiger partial charge on any atom is 0.257 e. The Bertz CT molecular complexity index is 1020. The van der Waals surface area contributed by atoms with Crippen LogP contribution in [-0.4, -0.2) is 73.7 Å². The van der Waals surface area contributed by atoms with Crippen molar-refractivity contribution in [3.05, 3.63) is 59.7 Å². The standard InChI is InChI=1S/C30H40N2O5/c1-3-31-18-10-6-4-5-7-11-19-36-27-21-32(29(33)20-23-14-16-24(35-2)17-15-23)22-28(27)37-26-13-9-8-12-25(26)30(31)34/h8-9,12-17,27-28H,3-7,10-11,18-22H2,1-2H3/t27-,28-/m1/s1. The molecule has 0 saturated carbocycles. The molecule has 0 aliphatic carbocycles. The molecule has 4 rings (SSSR count). The van der Waals surface area contributed by atoms with Crippen LogP contribution < -0.4 is 9.47 Å². The molecule has 0 N–H and O–H groups in total. The minimum atomic E-state index is -0.336. The Morgan fingerprint density at radius 1 is 0.946 bits per heavy atom. The monoisotopic (exact) mass is 508 g/mol. The average Bonchev–Trinajstić information content (AvgIpc) is 3.32. The van der Waals surface area contributed by atoms with Crippen molar-refractivity contribution in [2.45, 2.75) is 64.1 Å². The molecule has 2 amide bonds. The van der Waals surface area contributed by atoms with Gasteiger partial charge in [0.2, 0.25) is 5.91 Å². The molecular formula is C30H40N2O5. The molecule has 1 fully saturated rings. The molecule has 37 heavy (non-hydrogen) atoms. The first-order chi connectivity index (χ1) is 18.1. The second kappa shape index (κ2) is 13.5. The lowest BCUT2D eigenvalue weighted by atomic mass is 10.1. The zero-order valence-electron chi connectivity index (χ0n) is 22.2. The Balaban J connectivity index is 1.51. The first-order valence-electron chi connectivity index (χ1n) is 13.7. The van der Waals surface area contributed by atoms with Crippen LogP contribution in [0.3, 0.4) is 0 Å². The molecule has 2 aromatic carbocycles. The Morgan fingerprint density at radius 3 is 2.41 bits per heavy atom. The number of para-hydroxylation sites is 1. The summed E-state index contributed by atoms with van der Waals surface area (Å²) in [4.78, 5) is 30.3. The number of amides is 2. The predicted octanol–water partition coefficient (Wildman–Crippen LogP) is 4.73. The van der Waals surface area contributed by atoms with Crippen LogP contribution >= 0.6 is 0 Å². The number of carbonyl (C=O) groups excluding carboxylic acids is 2. The van der Waals surface area contributed by atoms with E-state index in [1.165, 1.54) is 12.8 Å². The number of methoxy groups -OCH3 is 1. The van der Waals surface area contributed by atoms with Gasteiger partial charge in [-0.1, -0.05) is 49.9 Å². The van der Waals surface area contributed by atoms with E-state index in [0.717, 1.165) is 43.5 Å². The normalized spacial score (nSPS) is 21.6. The highest BCUT2D eigenvalue weighted by atomic mass is 16.5. The Labute approximate surface area is 220 Å². The molecule has 0 spiro atoms. The molecule has 0 unspecified atom stereocenters. The van der Waals surface area contributed by atoms with Gasteiger partial charge < -0.3 is 24.0 Å². The average molecular weight is 509 g/mol. The van der Waals surface area contributed by atoms with E-state index in [2.05, 4.69) is 0 Å². The fourth-order valence-electron chi connectivity index (χ4n) is 5.08. The van der Waals surface area contributed by atoms with Gasteiger partial charge in [0.1, 0.15) is 23.7 Å². The van der Waals surface area contributed by atoms with Crippen molar-refractivity contribution in [3.8, 4) is 11.5 Å². The molecule has 0 aromatic heterocycles. The van der Waals surface area contributed by atoms with E-state index in [1.54, 1.807) is 7.11 Å². The molecule has 2 aliphatic rings. The topological polar surface area (TPSA) is 68.3 Å². The van der Waals surface area contributed by atoms with Crippen LogP contribution in [0.5, 0.6) is 11.5 Å². The van der Waals surface area contributed by atoms with Crippen LogP contribution in [0.25, 0.3) is 0 Å². The van der Waals surface area contributed by atoms with E-state index in [9.17, 15) is 9.59 Å². The van der Waals surface area contributed by atoms with E-state index < -0.39 is 0 Å². The molecule has 2 aromatic rings. The molecule has 200 valence electrons. The zero-order valence-corrected chi connectivity index (χ0v) is 22.2. The van der Waals surface area contributed by atoms with Crippen LogP contribution in [0.15, 0.2) is 48.5 Å². The van der Waals surface area contributed by atoms with Gasteiger partial charge in [-0.15, -0.1) is 0 Å². The van der Waals surface area contributed by atoms with Crippen LogP contribution in [0.2, 0.25) is 0 Å². The van der Waals surface area contributed by atoms with Crippen molar-refractivity contribution in [1.29, 1.82) is 0 Å². The van der Waals surface area contributed by atoms with Crippen LogP contribution in [0, 0.1) is 0 Å². The summed E-state index contributed by atoms with van der Waals surface area (Å²) in [7, 11) is 1.63. The zero-order chi connectivity index (χ0) is 26.0. The van der Waals surface area contributed by atoms with E-state index in [0.29, 0.717) is 44.0 Å². The Kier molecular flexibility index (Phi) is 9.83. The van der Waals surface area contributed by atoms with Crippen molar-refractivity contribution >= 4 is 11.8 Å². The first-order valence-corrected chi connectivity index (χ1v) is 13.7. The third kappa shape index (κ3) is 7.25. The molecule has 2 atom stereocenters. The Hall–Kier alpha value is -3.06. The smallest absolute Gasteiger partial charge is 0.257 e. The predicted molar refractivity (Wildman–Crippen MR) is 143 cm³/mol. The highest BCUT2D eigenvalue weighted by molar-refractivity contribution is 5.97. The second-order valence-corrected chi connectivity index (χ2v) is 9.89. The first kappa shape index (κ1) is 27.0.